The lowest BCUT2D eigenvalue weighted by atomic mass is 9.93. The van der Waals surface area contributed by atoms with E-state index in [4.69, 9.17) is 4.74 Å². The quantitative estimate of drug-likeness (QED) is 0.592. The van der Waals surface area contributed by atoms with E-state index in [1.165, 1.54) is 31.2 Å². The first-order chi connectivity index (χ1) is 13.6. The molecule has 0 unspecified atom stereocenters. The predicted octanol–water partition coefficient (Wildman–Crippen LogP) is 3.29. The van der Waals surface area contributed by atoms with E-state index >= 15 is 0 Å². The number of nitrogens with one attached hydrogen (secondary N) is 1. The molecule has 5 nitrogen and oxygen atoms in total. The van der Waals surface area contributed by atoms with Crippen molar-refractivity contribution in [1.29, 1.82) is 0 Å². The highest BCUT2D eigenvalue weighted by Gasteiger charge is 2.24. The molecule has 1 aliphatic heterocycles. The highest BCUT2D eigenvalue weighted by molar-refractivity contribution is 5.76. The molecule has 1 atom stereocenters. The fourth-order valence-electron chi connectivity index (χ4n) is 3.96. The molecule has 1 heterocycles. The van der Waals surface area contributed by atoms with E-state index in [-0.39, 0.29) is 5.91 Å². The zero-order valence-corrected chi connectivity index (χ0v) is 17.7. The number of carbonyl (C=O) groups excluding carboxylic acids is 1. The summed E-state index contributed by atoms with van der Waals surface area (Å²) in [6.45, 7) is 5.03. The Kier molecular flexibility index (Phi) is 8.16. The second-order valence-electron chi connectivity index (χ2n) is 8.78. The average molecular weight is 388 g/mol. The van der Waals surface area contributed by atoms with Gasteiger partial charge in [-0.2, -0.15) is 0 Å². The Morgan fingerprint density at radius 1 is 1.29 bits per heavy atom. The topological polar surface area (TPSA) is 44.8 Å². The molecule has 2 aliphatic rings. The lowest BCUT2D eigenvalue weighted by molar-refractivity contribution is -0.121. The number of nitrogens with zero attached hydrogens (tertiary/aromatic N) is 2. The first-order valence-corrected chi connectivity index (χ1v) is 11.0. The van der Waals surface area contributed by atoms with Crippen molar-refractivity contribution in [1.82, 2.24) is 15.1 Å². The van der Waals surface area contributed by atoms with E-state index in [9.17, 15) is 4.79 Å². The number of ether oxygens (including phenoxy) is 1. The SMILES string of the molecule is CN(C)CCCOc1cccc(CN2CCC[C@@H](CCC(=O)NC3CC3)C2)c1. The summed E-state index contributed by atoms with van der Waals surface area (Å²) in [6.07, 6.45) is 7.56. The zero-order valence-electron chi connectivity index (χ0n) is 17.7. The minimum Gasteiger partial charge on any atom is -0.494 e. The highest BCUT2D eigenvalue weighted by Crippen LogP contribution is 2.24. The largest absolute Gasteiger partial charge is 0.494 e. The summed E-state index contributed by atoms with van der Waals surface area (Å²) in [5.74, 6) is 1.87. The molecule has 0 radical (unpaired) electrons. The number of amides is 1. The van der Waals surface area contributed by atoms with Gasteiger partial charge in [-0.3, -0.25) is 9.69 Å². The van der Waals surface area contributed by atoms with Crippen LogP contribution in [-0.2, 0) is 11.3 Å². The summed E-state index contributed by atoms with van der Waals surface area (Å²) >= 11 is 0. The first-order valence-electron chi connectivity index (χ1n) is 11.0. The summed E-state index contributed by atoms with van der Waals surface area (Å²) in [5.41, 5.74) is 1.32. The molecular formula is C23H37N3O2. The van der Waals surface area contributed by atoms with Gasteiger partial charge in [0.25, 0.3) is 0 Å². The van der Waals surface area contributed by atoms with E-state index < -0.39 is 0 Å². The van der Waals surface area contributed by atoms with Crippen LogP contribution in [0.2, 0.25) is 0 Å². The molecule has 1 N–H and O–H groups in total. The summed E-state index contributed by atoms with van der Waals surface area (Å²) in [7, 11) is 4.18. The summed E-state index contributed by atoms with van der Waals surface area (Å²) in [6, 6.07) is 9.01. The number of likely N-dealkylation sites (tertiary alicyclic amines) is 1. The summed E-state index contributed by atoms with van der Waals surface area (Å²) < 4.78 is 5.92. The number of rotatable bonds is 11. The van der Waals surface area contributed by atoms with Crippen molar-refractivity contribution in [2.75, 3.05) is 40.3 Å². The monoisotopic (exact) mass is 387 g/mol. The predicted molar refractivity (Wildman–Crippen MR) is 114 cm³/mol. The van der Waals surface area contributed by atoms with Gasteiger partial charge in [-0.25, -0.2) is 0 Å². The van der Waals surface area contributed by atoms with Crippen molar-refractivity contribution in [3.8, 4) is 5.75 Å². The van der Waals surface area contributed by atoms with E-state index in [1.54, 1.807) is 0 Å². The first kappa shape index (κ1) is 21.1. The zero-order chi connectivity index (χ0) is 19.8. The van der Waals surface area contributed by atoms with E-state index in [2.05, 4.69) is 53.5 Å². The summed E-state index contributed by atoms with van der Waals surface area (Å²) in [4.78, 5) is 16.7. The summed E-state index contributed by atoms with van der Waals surface area (Å²) in [5, 5.41) is 3.11. The van der Waals surface area contributed by atoms with Crippen molar-refractivity contribution in [2.45, 2.75) is 57.5 Å². The van der Waals surface area contributed by atoms with Crippen LogP contribution in [0.5, 0.6) is 5.75 Å². The Morgan fingerprint density at radius 2 is 2.14 bits per heavy atom. The van der Waals surface area contributed by atoms with Gasteiger partial charge in [-0.05, 0) is 82.8 Å². The molecular weight excluding hydrogens is 350 g/mol. The minimum atomic E-state index is 0.249. The normalized spacial score (nSPS) is 20.3. The maximum atomic E-state index is 12.0. The van der Waals surface area contributed by atoms with Crippen LogP contribution >= 0.6 is 0 Å². The van der Waals surface area contributed by atoms with Gasteiger partial charge < -0.3 is 15.0 Å². The molecule has 0 bridgehead atoms. The van der Waals surface area contributed by atoms with Gasteiger partial charge in [0.05, 0.1) is 6.61 Å². The molecule has 1 aliphatic carbocycles. The standard InChI is InChI=1S/C23H37N3O2/c1-25(2)13-5-15-28-22-8-3-6-20(16-22)18-26-14-4-7-19(17-26)9-12-23(27)24-21-10-11-21/h3,6,8,16,19,21H,4-5,7,9-15,17-18H2,1-2H3,(H,24,27)/t19-/m0/s1. The van der Waals surface area contributed by atoms with Crippen molar-refractivity contribution < 1.29 is 9.53 Å². The minimum absolute atomic E-state index is 0.249. The number of piperidine rings is 1. The number of hydrogen-bond acceptors (Lipinski definition) is 4. The Balaban J connectivity index is 1.40. The van der Waals surface area contributed by atoms with Crippen LogP contribution in [0.3, 0.4) is 0 Å². The van der Waals surface area contributed by atoms with E-state index in [1.807, 2.05) is 0 Å². The molecule has 2 fully saturated rings. The molecule has 1 saturated heterocycles. The molecule has 5 heteroatoms. The van der Waals surface area contributed by atoms with E-state index in [0.29, 0.717) is 18.4 Å². The molecule has 28 heavy (non-hydrogen) atoms. The van der Waals surface area contributed by atoms with Crippen LogP contribution < -0.4 is 10.1 Å². The van der Waals surface area contributed by atoms with Gasteiger partial charge in [0.1, 0.15) is 5.75 Å². The second-order valence-corrected chi connectivity index (χ2v) is 8.78. The van der Waals surface area contributed by atoms with Gasteiger partial charge in [0.15, 0.2) is 0 Å². The Hall–Kier alpha value is -1.59. The molecule has 1 amide bonds. The number of benzene rings is 1. The Morgan fingerprint density at radius 3 is 2.93 bits per heavy atom. The van der Waals surface area contributed by atoms with Crippen molar-refractivity contribution in [2.24, 2.45) is 5.92 Å². The Labute approximate surface area is 170 Å². The van der Waals surface area contributed by atoms with Gasteiger partial charge in [-0.1, -0.05) is 12.1 Å². The number of carbonyl (C=O) groups is 1. The lowest BCUT2D eigenvalue weighted by Crippen LogP contribution is -2.35. The lowest BCUT2D eigenvalue weighted by Gasteiger charge is -2.32. The maximum absolute atomic E-state index is 12.0. The van der Waals surface area contributed by atoms with Crippen LogP contribution in [0.15, 0.2) is 24.3 Å². The molecule has 3 rings (SSSR count). The van der Waals surface area contributed by atoms with Crippen LogP contribution in [-0.4, -0.2) is 62.1 Å². The van der Waals surface area contributed by atoms with Gasteiger partial charge in [-0.15, -0.1) is 0 Å². The average Bonchev–Trinajstić information content (AvgIpc) is 3.48. The van der Waals surface area contributed by atoms with Gasteiger partial charge in [0.2, 0.25) is 5.91 Å². The van der Waals surface area contributed by atoms with Crippen LogP contribution in [0, 0.1) is 5.92 Å². The third-order valence-electron chi connectivity index (χ3n) is 5.65. The molecule has 1 aromatic carbocycles. The maximum Gasteiger partial charge on any atom is 0.220 e. The van der Waals surface area contributed by atoms with Crippen LogP contribution in [0.25, 0.3) is 0 Å². The van der Waals surface area contributed by atoms with Crippen molar-refractivity contribution >= 4 is 5.91 Å². The van der Waals surface area contributed by atoms with Gasteiger partial charge >= 0.3 is 0 Å². The third-order valence-corrected chi connectivity index (χ3v) is 5.65. The molecule has 1 saturated carbocycles. The fourth-order valence-corrected chi connectivity index (χ4v) is 3.96. The molecule has 156 valence electrons. The van der Waals surface area contributed by atoms with Gasteiger partial charge in [0, 0.05) is 32.1 Å². The fraction of sp³-hybridized carbons (Fsp3) is 0.696. The van der Waals surface area contributed by atoms with E-state index in [0.717, 1.165) is 51.4 Å². The van der Waals surface area contributed by atoms with Crippen LogP contribution in [0.4, 0.5) is 0 Å². The smallest absolute Gasteiger partial charge is 0.220 e. The third kappa shape index (κ3) is 7.80. The van der Waals surface area contributed by atoms with Crippen LogP contribution in [0.1, 0.15) is 50.5 Å². The Bertz CT molecular complexity index is 616. The number of hydrogen-bond donors (Lipinski definition) is 1. The molecule has 0 spiro atoms. The molecule has 1 aromatic rings. The highest BCUT2D eigenvalue weighted by atomic mass is 16.5. The van der Waals surface area contributed by atoms with Crippen molar-refractivity contribution in [3.63, 3.8) is 0 Å². The second kappa shape index (κ2) is 10.8. The molecule has 0 aromatic heterocycles. The van der Waals surface area contributed by atoms with Crippen molar-refractivity contribution in [3.05, 3.63) is 29.8 Å².